The Labute approximate surface area is 115 Å². The van der Waals surface area contributed by atoms with Crippen LogP contribution in [-0.4, -0.2) is 46.9 Å². The number of hydrogen-bond donors (Lipinski definition) is 2. The van der Waals surface area contributed by atoms with Gasteiger partial charge in [-0.1, -0.05) is 0 Å². The first-order chi connectivity index (χ1) is 9.49. The highest BCUT2D eigenvalue weighted by Crippen LogP contribution is 2.11. The third kappa shape index (κ3) is 2.98. The maximum absolute atomic E-state index is 12.0. The van der Waals surface area contributed by atoms with E-state index in [4.69, 9.17) is 9.52 Å². The lowest BCUT2D eigenvalue weighted by atomic mass is 10.2. The maximum Gasteiger partial charge on any atom is 0.371 e. The first kappa shape index (κ1) is 14.1. The van der Waals surface area contributed by atoms with E-state index in [-0.39, 0.29) is 17.4 Å². The van der Waals surface area contributed by atoms with Crippen molar-refractivity contribution in [3.05, 3.63) is 23.7 Å². The molecule has 1 saturated heterocycles. The summed E-state index contributed by atoms with van der Waals surface area (Å²) in [6, 6.07) is 1.80. The number of furan rings is 1. The van der Waals surface area contributed by atoms with Crippen LogP contribution in [0.1, 0.15) is 40.9 Å². The van der Waals surface area contributed by atoms with Crippen LogP contribution >= 0.6 is 0 Å². The number of carboxylic acids is 1. The third-order valence-electron chi connectivity index (χ3n) is 3.18. The van der Waals surface area contributed by atoms with E-state index in [0.29, 0.717) is 13.1 Å². The van der Waals surface area contributed by atoms with Crippen molar-refractivity contribution in [1.82, 2.24) is 10.2 Å². The number of rotatable bonds is 4. The topological polar surface area (TPSA) is 99.9 Å². The number of carbonyl (C=O) groups excluding carboxylic acids is 2. The molecule has 1 atom stereocenters. The Hall–Kier alpha value is -2.31. The molecule has 0 aliphatic carbocycles. The summed E-state index contributed by atoms with van der Waals surface area (Å²) in [5.74, 6) is -2.42. The van der Waals surface area contributed by atoms with Crippen LogP contribution < -0.4 is 5.32 Å². The van der Waals surface area contributed by atoms with Crippen LogP contribution in [0.4, 0.5) is 0 Å². The van der Waals surface area contributed by atoms with Gasteiger partial charge >= 0.3 is 5.97 Å². The first-order valence-corrected chi connectivity index (χ1v) is 6.42. The molecule has 1 aliphatic heterocycles. The van der Waals surface area contributed by atoms with Gasteiger partial charge in [0.25, 0.3) is 5.91 Å². The summed E-state index contributed by atoms with van der Waals surface area (Å²) < 4.78 is 4.88. The van der Waals surface area contributed by atoms with Crippen molar-refractivity contribution < 1.29 is 23.9 Å². The smallest absolute Gasteiger partial charge is 0.371 e. The molecule has 2 amide bonds. The highest BCUT2D eigenvalue weighted by molar-refractivity contribution is 5.96. The fourth-order valence-corrected chi connectivity index (χ4v) is 2.12. The van der Waals surface area contributed by atoms with Crippen LogP contribution in [-0.2, 0) is 4.79 Å². The molecule has 0 spiro atoms. The van der Waals surface area contributed by atoms with Crippen molar-refractivity contribution in [2.75, 3.05) is 13.1 Å². The van der Waals surface area contributed by atoms with E-state index in [1.807, 2.05) is 0 Å². The minimum atomic E-state index is -1.25. The molecule has 1 fully saturated rings. The van der Waals surface area contributed by atoms with E-state index >= 15 is 0 Å². The van der Waals surface area contributed by atoms with Crippen LogP contribution in [0.3, 0.4) is 0 Å². The lowest BCUT2D eigenvalue weighted by Gasteiger charge is -2.20. The van der Waals surface area contributed by atoms with Crippen LogP contribution in [0.15, 0.2) is 16.5 Å². The summed E-state index contributed by atoms with van der Waals surface area (Å²) in [4.78, 5) is 36.2. The predicted octanol–water partition coefficient (Wildman–Crippen LogP) is 0.719. The number of nitrogens with zero attached hydrogens (tertiary/aromatic N) is 1. The van der Waals surface area contributed by atoms with Crippen LogP contribution in [0.2, 0.25) is 0 Å². The van der Waals surface area contributed by atoms with Gasteiger partial charge in [-0.15, -0.1) is 0 Å². The molecule has 1 aromatic heterocycles. The number of aromatic carboxylic acids is 1. The van der Waals surface area contributed by atoms with Gasteiger partial charge in [0, 0.05) is 13.1 Å². The molecule has 2 N–H and O–H groups in total. The molecule has 1 aromatic rings. The van der Waals surface area contributed by atoms with Crippen molar-refractivity contribution in [3.63, 3.8) is 0 Å². The van der Waals surface area contributed by atoms with Crippen molar-refractivity contribution >= 4 is 17.8 Å². The number of nitrogens with one attached hydrogen (secondary N) is 1. The van der Waals surface area contributed by atoms with Gasteiger partial charge in [0.2, 0.25) is 11.7 Å². The summed E-state index contributed by atoms with van der Waals surface area (Å²) in [6.07, 6.45) is 1.96. The van der Waals surface area contributed by atoms with E-state index < -0.39 is 17.9 Å². The zero-order valence-corrected chi connectivity index (χ0v) is 11.1. The van der Waals surface area contributed by atoms with Crippen LogP contribution in [0, 0.1) is 0 Å². The highest BCUT2D eigenvalue weighted by atomic mass is 16.4. The molecule has 20 heavy (non-hydrogen) atoms. The highest BCUT2D eigenvalue weighted by Gasteiger charge is 2.25. The molecular weight excluding hydrogens is 264 g/mol. The number of carboxylic acid groups (broad SMARTS) is 1. The molecule has 0 bridgehead atoms. The van der Waals surface area contributed by atoms with E-state index in [9.17, 15) is 14.4 Å². The van der Waals surface area contributed by atoms with Gasteiger partial charge in [-0.25, -0.2) is 4.79 Å². The van der Waals surface area contributed by atoms with E-state index in [2.05, 4.69) is 5.32 Å². The summed E-state index contributed by atoms with van der Waals surface area (Å²) in [5.41, 5.74) is 0. The molecule has 0 aromatic carbocycles. The van der Waals surface area contributed by atoms with Crippen LogP contribution in [0.5, 0.6) is 0 Å². The number of amides is 2. The normalized spacial score (nSPS) is 15.9. The van der Waals surface area contributed by atoms with Crippen molar-refractivity contribution in [3.8, 4) is 0 Å². The second-order valence-corrected chi connectivity index (χ2v) is 4.70. The van der Waals surface area contributed by atoms with Gasteiger partial charge in [0.05, 0.1) is 0 Å². The zero-order chi connectivity index (χ0) is 14.7. The summed E-state index contributed by atoms with van der Waals surface area (Å²) in [6.45, 7) is 3.02. The van der Waals surface area contributed by atoms with Gasteiger partial charge in [-0.3, -0.25) is 9.59 Å². The second kappa shape index (κ2) is 5.77. The number of hydrogen-bond acceptors (Lipinski definition) is 4. The summed E-state index contributed by atoms with van der Waals surface area (Å²) in [5, 5.41) is 11.2. The fraction of sp³-hybridized carbons (Fsp3) is 0.462. The molecule has 108 valence electrons. The minimum absolute atomic E-state index is 0.122. The molecule has 0 radical (unpaired) electrons. The zero-order valence-electron chi connectivity index (χ0n) is 11.1. The Morgan fingerprint density at radius 1 is 1.25 bits per heavy atom. The Kier molecular flexibility index (Phi) is 4.07. The average molecular weight is 280 g/mol. The van der Waals surface area contributed by atoms with Crippen LogP contribution in [0.25, 0.3) is 0 Å². The Morgan fingerprint density at radius 2 is 1.85 bits per heavy atom. The molecule has 1 aliphatic rings. The van der Waals surface area contributed by atoms with Gasteiger partial charge in [-0.2, -0.15) is 0 Å². The molecular formula is C13H16N2O5. The van der Waals surface area contributed by atoms with Gasteiger partial charge in [0.15, 0.2) is 5.76 Å². The molecule has 7 heteroatoms. The van der Waals surface area contributed by atoms with E-state index in [1.54, 1.807) is 11.8 Å². The Morgan fingerprint density at radius 3 is 2.40 bits per heavy atom. The molecule has 0 saturated carbocycles. The fourth-order valence-electron chi connectivity index (χ4n) is 2.12. The SMILES string of the molecule is CC(NC(=O)c1ccc(C(=O)O)o1)C(=O)N1CCCC1. The first-order valence-electron chi connectivity index (χ1n) is 6.42. The van der Waals surface area contributed by atoms with Crippen molar-refractivity contribution in [2.24, 2.45) is 0 Å². The van der Waals surface area contributed by atoms with Crippen molar-refractivity contribution in [2.45, 2.75) is 25.8 Å². The predicted molar refractivity (Wildman–Crippen MR) is 68.4 cm³/mol. The monoisotopic (exact) mass is 280 g/mol. The Balaban J connectivity index is 1.95. The largest absolute Gasteiger partial charge is 0.475 e. The lowest BCUT2D eigenvalue weighted by molar-refractivity contribution is -0.131. The average Bonchev–Trinajstić information content (AvgIpc) is 3.08. The molecule has 2 rings (SSSR count). The quantitative estimate of drug-likeness (QED) is 0.846. The lowest BCUT2D eigenvalue weighted by Crippen LogP contribution is -2.45. The summed E-state index contributed by atoms with van der Waals surface area (Å²) in [7, 11) is 0. The Bertz CT molecular complexity index is 531. The number of carbonyl (C=O) groups is 3. The number of likely N-dealkylation sites (tertiary alicyclic amines) is 1. The van der Waals surface area contributed by atoms with Crippen molar-refractivity contribution in [1.29, 1.82) is 0 Å². The second-order valence-electron chi connectivity index (χ2n) is 4.70. The van der Waals surface area contributed by atoms with Gasteiger partial charge in [-0.05, 0) is 31.9 Å². The maximum atomic E-state index is 12.0. The molecule has 1 unspecified atom stereocenters. The van der Waals surface area contributed by atoms with E-state index in [1.165, 1.54) is 12.1 Å². The van der Waals surface area contributed by atoms with Gasteiger partial charge < -0.3 is 19.7 Å². The third-order valence-corrected chi connectivity index (χ3v) is 3.18. The molecule has 2 heterocycles. The van der Waals surface area contributed by atoms with E-state index in [0.717, 1.165) is 12.8 Å². The standard InChI is InChI=1S/C13H16N2O5/c1-8(12(17)15-6-2-3-7-15)14-11(16)9-4-5-10(20-9)13(18)19/h4-5,8H,2-3,6-7H2,1H3,(H,14,16)(H,18,19). The summed E-state index contributed by atoms with van der Waals surface area (Å²) >= 11 is 0. The minimum Gasteiger partial charge on any atom is -0.475 e. The molecule has 7 nitrogen and oxygen atoms in total. The van der Waals surface area contributed by atoms with Gasteiger partial charge in [0.1, 0.15) is 6.04 Å².